The lowest BCUT2D eigenvalue weighted by atomic mass is 10.1. The molecular weight excluding hydrogens is 226 g/mol. The molecule has 4 heteroatoms. The number of carbonyl (C=O) groups is 1. The lowest BCUT2D eigenvalue weighted by Crippen LogP contribution is -2.58. The summed E-state index contributed by atoms with van der Waals surface area (Å²) in [4.78, 5) is 16.4. The highest BCUT2D eigenvalue weighted by Gasteiger charge is 2.33. The average molecular weight is 245 g/mol. The van der Waals surface area contributed by atoms with E-state index < -0.39 is 0 Å². The number of anilines is 1. The maximum atomic E-state index is 12.4. The van der Waals surface area contributed by atoms with Crippen molar-refractivity contribution in [2.75, 3.05) is 24.5 Å². The number of fused-ring (bicyclic) bond motifs is 1. The molecule has 2 aliphatic rings. The molecule has 0 bridgehead atoms. The first-order valence-electron chi connectivity index (χ1n) is 6.53. The summed E-state index contributed by atoms with van der Waals surface area (Å²) in [5, 5.41) is 0. The first kappa shape index (κ1) is 11.7. The zero-order valence-electron chi connectivity index (χ0n) is 10.7. The number of carbonyl (C=O) groups excluding carboxylic acids is 1. The van der Waals surface area contributed by atoms with E-state index in [0.717, 1.165) is 25.2 Å². The van der Waals surface area contributed by atoms with Crippen LogP contribution in [-0.4, -0.2) is 42.5 Å². The Balaban J connectivity index is 1.73. The van der Waals surface area contributed by atoms with Crippen LogP contribution in [0.5, 0.6) is 0 Å². The number of likely N-dealkylation sites (tertiary alicyclic amines) is 1. The number of nitrogens with two attached hydrogens (primary N) is 1. The van der Waals surface area contributed by atoms with Crippen molar-refractivity contribution in [2.24, 2.45) is 5.73 Å². The van der Waals surface area contributed by atoms with Gasteiger partial charge in [0.05, 0.1) is 6.54 Å². The van der Waals surface area contributed by atoms with Gasteiger partial charge >= 0.3 is 0 Å². The van der Waals surface area contributed by atoms with Gasteiger partial charge in [-0.3, -0.25) is 9.69 Å². The van der Waals surface area contributed by atoms with Gasteiger partial charge in [0.25, 0.3) is 0 Å². The Morgan fingerprint density at radius 3 is 2.83 bits per heavy atom. The van der Waals surface area contributed by atoms with Gasteiger partial charge in [-0.15, -0.1) is 0 Å². The van der Waals surface area contributed by atoms with Crippen molar-refractivity contribution in [3.05, 3.63) is 29.8 Å². The molecule has 1 aromatic rings. The predicted molar refractivity (Wildman–Crippen MR) is 71.5 cm³/mol. The Bertz CT molecular complexity index is 468. The van der Waals surface area contributed by atoms with Crippen LogP contribution < -0.4 is 10.6 Å². The number of rotatable bonds is 2. The molecule has 2 aliphatic heterocycles. The second-order valence-corrected chi connectivity index (χ2v) is 5.40. The molecule has 1 amide bonds. The van der Waals surface area contributed by atoms with Crippen molar-refractivity contribution < 1.29 is 4.79 Å². The van der Waals surface area contributed by atoms with E-state index in [0.29, 0.717) is 6.54 Å². The summed E-state index contributed by atoms with van der Waals surface area (Å²) in [6, 6.07) is 8.70. The molecule has 0 aromatic heterocycles. The summed E-state index contributed by atoms with van der Waals surface area (Å²) in [6.45, 7) is 4.29. The topological polar surface area (TPSA) is 49.6 Å². The molecule has 0 radical (unpaired) electrons. The van der Waals surface area contributed by atoms with E-state index in [1.807, 2.05) is 23.1 Å². The highest BCUT2D eigenvalue weighted by molar-refractivity contribution is 5.97. The Morgan fingerprint density at radius 1 is 1.39 bits per heavy atom. The molecule has 96 valence electrons. The number of nitrogens with zero attached hydrogens (tertiary/aromatic N) is 2. The molecule has 0 spiro atoms. The standard InChI is InChI=1S/C14H19N3O/c1-10-6-11-4-2-3-5-13(11)17(10)14(18)9-16-7-12(15)8-16/h2-5,10,12H,6-9,15H2,1H3. The third-order valence-corrected chi connectivity index (χ3v) is 3.82. The Hall–Kier alpha value is -1.39. The van der Waals surface area contributed by atoms with Crippen LogP contribution in [0.4, 0.5) is 5.69 Å². The van der Waals surface area contributed by atoms with Crippen LogP contribution in [0.15, 0.2) is 24.3 Å². The Labute approximate surface area is 107 Å². The van der Waals surface area contributed by atoms with Gasteiger partial charge in [0.1, 0.15) is 0 Å². The second kappa shape index (κ2) is 4.37. The van der Waals surface area contributed by atoms with Crippen molar-refractivity contribution in [3.63, 3.8) is 0 Å². The first-order valence-corrected chi connectivity index (χ1v) is 6.53. The molecule has 1 saturated heterocycles. The van der Waals surface area contributed by atoms with Crippen LogP contribution in [0.1, 0.15) is 12.5 Å². The number of hydrogen-bond acceptors (Lipinski definition) is 3. The maximum Gasteiger partial charge on any atom is 0.241 e. The summed E-state index contributed by atoms with van der Waals surface area (Å²) < 4.78 is 0. The fraction of sp³-hybridized carbons (Fsp3) is 0.500. The van der Waals surface area contributed by atoms with E-state index >= 15 is 0 Å². The first-order chi connectivity index (χ1) is 8.65. The largest absolute Gasteiger partial charge is 0.325 e. The fourth-order valence-corrected chi connectivity index (χ4v) is 2.95. The Kier molecular flexibility index (Phi) is 2.84. The minimum Gasteiger partial charge on any atom is -0.325 e. The summed E-state index contributed by atoms with van der Waals surface area (Å²) in [7, 11) is 0. The maximum absolute atomic E-state index is 12.4. The van der Waals surface area contributed by atoms with Gasteiger partial charge in [-0.2, -0.15) is 0 Å². The van der Waals surface area contributed by atoms with Gasteiger partial charge in [-0.05, 0) is 25.0 Å². The third-order valence-electron chi connectivity index (χ3n) is 3.82. The van der Waals surface area contributed by atoms with Crippen molar-refractivity contribution in [1.29, 1.82) is 0 Å². The van der Waals surface area contributed by atoms with Gasteiger partial charge in [0.15, 0.2) is 0 Å². The minimum atomic E-state index is 0.194. The SMILES string of the molecule is CC1Cc2ccccc2N1C(=O)CN1CC(N)C1. The molecule has 0 aliphatic carbocycles. The van der Waals surface area contributed by atoms with E-state index in [2.05, 4.69) is 17.9 Å². The Morgan fingerprint density at radius 2 is 2.11 bits per heavy atom. The molecule has 3 rings (SSSR count). The summed E-state index contributed by atoms with van der Waals surface area (Å²) in [5.41, 5.74) is 8.10. The predicted octanol–water partition coefficient (Wildman–Crippen LogP) is 0.607. The molecule has 0 saturated carbocycles. The van der Waals surface area contributed by atoms with Crippen molar-refractivity contribution in [3.8, 4) is 0 Å². The van der Waals surface area contributed by atoms with E-state index in [1.165, 1.54) is 5.56 Å². The van der Waals surface area contributed by atoms with Gasteiger partial charge in [0, 0.05) is 30.9 Å². The summed E-state index contributed by atoms with van der Waals surface area (Å²) >= 11 is 0. The smallest absolute Gasteiger partial charge is 0.241 e. The summed E-state index contributed by atoms with van der Waals surface area (Å²) in [5.74, 6) is 0.194. The van der Waals surface area contributed by atoms with Crippen LogP contribution in [0, 0.1) is 0 Å². The van der Waals surface area contributed by atoms with E-state index in [1.54, 1.807) is 0 Å². The van der Waals surface area contributed by atoms with Crippen LogP contribution in [-0.2, 0) is 11.2 Å². The van der Waals surface area contributed by atoms with Crippen LogP contribution in [0.3, 0.4) is 0 Å². The second-order valence-electron chi connectivity index (χ2n) is 5.40. The fourth-order valence-electron chi connectivity index (χ4n) is 2.95. The summed E-state index contributed by atoms with van der Waals surface area (Å²) in [6.07, 6.45) is 0.960. The van der Waals surface area contributed by atoms with E-state index in [9.17, 15) is 4.79 Å². The molecule has 2 heterocycles. The molecular formula is C14H19N3O. The van der Waals surface area contributed by atoms with Crippen LogP contribution in [0.25, 0.3) is 0 Å². The van der Waals surface area contributed by atoms with Crippen LogP contribution >= 0.6 is 0 Å². The van der Waals surface area contributed by atoms with Crippen molar-refractivity contribution in [1.82, 2.24) is 4.90 Å². The third kappa shape index (κ3) is 1.91. The van der Waals surface area contributed by atoms with E-state index in [-0.39, 0.29) is 18.0 Å². The number of para-hydroxylation sites is 1. The molecule has 1 aromatic carbocycles. The molecule has 1 atom stereocenters. The highest BCUT2D eigenvalue weighted by Crippen LogP contribution is 2.31. The average Bonchev–Trinajstić information content (AvgIpc) is 2.62. The zero-order valence-corrected chi connectivity index (χ0v) is 10.7. The van der Waals surface area contributed by atoms with Crippen molar-refractivity contribution in [2.45, 2.75) is 25.4 Å². The zero-order chi connectivity index (χ0) is 12.7. The molecule has 18 heavy (non-hydrogen) atoms. The van der Waals surface area contributed by atoms with Gasteiger partial charge < -0.3 is 10.6 Å². The molecule has 2 N–H and O–H groups in total. The molecule has 1 fully saturated rings. The monoisotopic (exact) mass is 245 g/mol. The van der Waals surface area contributed by atoms with Gasteiger partial charge in [0.2, 0.25) is 5.91 Å². The number of benzene rings is 1. The van der Waals surface area contributed by atoms with E-state index in [4.69, 9.17) is 5.73 Å². The highest BCUT2D eigenvalue weighted by atomic mass is 16.2. The lowest BCUT2D eigenvalue weighted by molar-refractivity contribution is -0.121. The van der Waals surface area contributed by atoms with Gasteiger partial charge in [-0.25, -0.2) is 0 Å². The van der Waals surface area contributed by atoms with Crippen LogP contribution in [0.2, 0.25) is 0 Å². The number of hydrogen-bond donors (Lipinski definition) is 1. The van der Waals surface area contributed by atoms with Crippen molar-refractivity contribution >= 4 is 11.6 Å². The normalized spacial score (nSPS) is 23.9. The molecule has 1 unspecified atom stereocenters. The molecule has 4 nitrogen and oxygen atoms in total. The van der Waals surface area contributed by atoms with Gasteiger partial charge in [-0.1, -0.05) is 18.2 Å². The minimum absolute atomic E-state index is 0.194. The quantitative estimate of drug-likeness (QED) is 0.830. The lowest BCUT2D eigenvalue weighted by Gasteiger charge is -2.37. The number of amides is 1.